The Kier molecular flexibility index (Phi) is 4.46. The molecule has 7 nitrogen and oxygen atoms in total. The Bertz CT molecular complexity index is 803. The molecule has 0 aliphatic carbocycles. The highest BCUT2D eigenvalue weighted by molar-refractivity contribution is 5.86. The summed E-state index contributed by atoms with van der Waals surface area (Å²) in [5.74, 6) is -0.282. The van der Waals surface area contributed by atoms with Crippen LogP contribution in [0.5, 0.6) is 0 Å². The van der Waals surface area contributed by atoms with Gasteiger partial charge in [-0.2, -0.15) is 5.10 Å². The standard InChI is InChI=1S/C19H23N5O2/c20-18(25)16-6-7-17(24(16)11-13-4-2-1-3-5-13)19(26)23-9-8-14-10-21-22-15(14)12-23/h1-5,10,16-17H,6-9,11-12H2,(H2,20,25)(H,21,22)/t16-,17+/m0/s1. The molecule has 7 heteroatoms. The van der Waals surface area contributed by atoms with Crippen molar-refractivity contribution in [2.24, 2.45) is 5.73 Å². The van der Waals surface area contributed by atoms with Gasteiger partial charge in [0.2, 0.25) is 11.8 Å². The van der Waals surface area contributed by atoms with Crippen molar-refractivity contribution in [2.75, 3.05) is 6.54 Å². The summed E-state index contributed by atoms with van der Waals surface area (Å²) >= 11 is 0. The average Bonchev–Trinajstić information content (AvgIpc) is 3.28. The highest BCUT2D eigenvalue weighted by atomic mass is 16.2. The van der Waals surface area contributed by atoms with Gasteiger partial charge in [0.05, 0.1) is 30.5 Å². The minimum absolute atomic E-state index is 0.0740. The fraction of sp³-hybridized carbons (Fsp3) is 0.421. The smallest absolute Gasteiger partial charge is 0.240 e. The van der Waals surface area contributed by atoms with E-state index in [-0.39, 0.29) is 17.9 Å². The first-order valence-electron chi connectivity index (χ1n) is 9.02. The Morgan fingerprint density at radius 1 is 1.19 bits per heavy atom. The number of carbonyl (C=O) groups excluding carboxylic acids is 2. The molecule has 0 bridgehead atoms. The van der Waals surface area contributed by atoms with E-state index in [2.05, 4.69) is 10.2 Å². The third kappa shape index (κ3) is 3.10. The van der Waals surface area contributed by atoms with Gasteiger partial charge in [-0.1, -0.05) is 30.3 Å². The molecule has 2 aliphatic heterocycles. The van der Waals surface area contributed by atoms with Crippen LogP contribution in [0.2, 0.25) is 0 Å². The minimum Gasteiger partial charge on any atom is -0.368 e. The van der Waals surface area contributed by atoms with Gasteiger partial charge in [0.15, 0.2) is 0 Å². The molecule has 1 aromatic heterocycles. The van der Waals surface area contributed by atoms with Crippen LogP contribution >= 0.6 is 0 Å². The number of nitrogens with one attached hydrogen (secondary N) is 1. The van der Waals surface area contributed by atoms with Gasteiger partial charge in [0.25, 0.3) is 0 Å². The van der Waals surface area contributed by atoms with Crippen molar-refractivity contribution in [1.82, 2.24) is 20.0 Å². The molecule has 0 saturated carbocycles. The van der Waals surface area contributed by atoms with Crippen LogP contribution in [-0.2, 0) is 29.1 Å². The molecule has 2 amide bonds. The number of rotatable bonds is 4. The average molecular weight is 353 g/mol. The zero-order chi connectivity index (χ0) is 18.1. The summed E-state index contributed by atoms with van der Waals surface area (Å²) in [6.45, 7) is 1.78. The number of H-pyrrole nitrogens is 1. The number of nitrogens with two attached hydrogens (primary N) is 1. The van der Waals surface area contributed by atoms with E-state index in [4.69, 9.17) is 5.73 Å². The summed E-state index contributed by atoms with van der Waals surface area (Å²) in [5.41, 5.74) is 8.87. The molecule has 2 atom stereocenters. The number of hydrogen-bond acceptors (Lipinski definition) is 4. The fourth-order valence-electron chi connectivity index (χ4n) is 4.06. The molecule has 0 radical (unpaired) electrons. The van der Waals surface area contributed by atoms with Gasteiger partial charge in [-0.05, 0) is 30.4 Å². The van der Waals surface area contributed by atoms with E-state index < -0.39 is 6.04 Å². The highest BCUT2D eigenvalue weighted by Gasteiger charge is 2.42. The number of aromatic amines is 1. The number of benzene rings is 1. The largest absolute Gasteiger partial charge is 0.368 e. The normalized spacial score (nSPS) is 23.0. The third-order valence-corrected chi connectivity index (χ3v) is 5.45. The van der Waals surface area contributed by atoms with Gasteiger partial charge in [0.1, 0.15) is 0 Å². The molecule has 2 aliphatic rings. The molecular weight excluding hydrogens is 330 g/mol. The Morgan fingerprint density at radius 3 is 2.73 bits per heavy atom. The van der Waals surface area contributed by atoms with E-state index >= 15 is 0 Å². The fourth-order valence-corrected chi connectivity index (χ4v) is 4.06. The van der Waals surface area contributed by atoms with Crippen molar-refractivity contribution in [2.45, 2.75) is 44.4 Å². The number of nitrogens with zero attached hydrogens (tertiary/aromatic N) is 3. The first-order chi connectivity index (χ1) is 12.6. The van der Waals surface area contributed by atoms with Crippen LogP contribution in [0.1, 0.15) is 29.7 Å². The van der Waals surface area contributed by atoms with Gasteiger partial charge in [-0.15, -0.1) is 0 Å². The molecule has 136 valence electrons. The van der Waals surface area contributed by atoms with Gasteiger partial charge < -0.3 is 10.6 Å². The summed E-state index contributed by atoms with van der Waals surface area (Å²) in [6.07, 6.45) is 3.92. The van der Waals surface area contributed by atoms with Crippen LogP contribution in [0.3, 0.4) is 0 Å². The van der Waals surface area contributed by atoms with Crippen molar-refractivity contribution >= 4 is 11.8 Å². The van der Waals surface area contributed by atoms with Crippen molar-refractivity contribution < 1.29 is 9.59 Å². The summed E-state index contributed by atoms with van der Waals surface area (Å²) in [4.78, 5) is 29.0. The van der Waals surface area contributed by atoms with Crippen molar-refractivity contribution in [3.63, 3.8) is 0 Å². The first kappa shape index (κ1) is 16.8. The van der Waals surface area contributed by atoms with Crippen LogP contribution in [0.4, 0.5) is 0 Å². The Hall–Kier alpha value is -2.67. The maximum absolute atomic E-state index is 13.2. The van der Waals surface area contributed by atoms with Crippen LogP contribution < -0.4 is 5.73 Å². The number of primary amides is 1. The van der Waals surface area contributed by atoms with Crippen LogP contribution in [-0.4, -0.2) is 50.4 Å². The number of amides is 2. The number of fused-ring (bicyclic) bond motifs is 1. The second kappa shape index (κ2) is 6.92. The summed E-state index contributed by atoms with van der Waals surface area (Å²) < 4.78 is 0. The summed E-state index contributed by atoms with van der Waals surface area (Å²) in [6, 6.07) is 9.20. The second-order valence-electron chi connectivity index (χ2n) is 7.05. The third-order valence-electron chi connectivity index (χ3n) is 5.45. The van der Waals surface area contributed by atoms with Crippen molar-refractivity contribution in [1.29, 1.82) is 0 Å². The first-order valence-corrected chi connectivity index (χ1v) is 9.02. The van der Waals surface area contributed by atoms with Crippen LogP contribution in [0.25, 0.3) is 0 Å². The second-order valence-corrected chi connectivity index (χ2v) is 7.05. The van der Waals surface area contributed by atoms with Crippen LogP contribution in [0, 0.1) is 0 Å². The Morgan fingerprint density at radius 2 is 1.96 bits per heavy atom. The van der Waals surface area contributed by atoms with Crippen LogP contribution in [0.15, 0.2) is 36.5 Å². The molecule has 2 aromatic rings. The Balaban J connectivity index is 1.53. The molecule has 1 saturated heterocycles. The lowest BCUT2D eigenvalue weighted by Crippen LogP contribution is -2.51. The van der Waals surface area contributed by atoms with E-state index in [0.29, 0.717) is 32.5 Å². The van der Waals surface area contributed by atoms with Gasteiger partial charge in [0, 0.05) is 13.1 Å². The zero-order valence-corrected chi connectivity index (χ0v) is 14.6. The molecule has 1 fully saturated rings. The predicted molar refractivity (Wildman–Crippen MR) is 95.7 cm³/mol. The molecule has 4 rings (SSSR count). The molecule has 1 aromatic carbocycles. The molecule has 0 spiro atoms. The number of likely N-dealkylation sites (tertiary alicyclic amines) is 1. The molecule has 0 unspecified atom stereocenters. The number of carbonyl (C=O) groups is 2. The lowest BCUT2D eigenvalue weighted by molar-refractivity contribution is -0.138. The molecule has 3 heterocycles. The highest BCUT2D eigenvalue weighted by Crippen LogP contribution is 2.29. The number of hydrogen-bond donors (Lipinski definition) is 2. The predicted octanol–water partition coefficient (Wildman–Crippen LogP) is 0.813. The van der Waals surface area contributed by atoms with Gasteiger partial charge >= 0.3 is 0 Å². The van der Waals surface area contributed by atoms with E-state index in [1.807, 2.05) is 46.3 Å². The molecular formula is C19H23N5O2. The van der Waals surface area contributed by atoms with E-state index in [1.54, 1.807) is 0 Å². The number of aromatic nitrogens is 2. The van der Waals surface area contributed by atoms with Gasteiger partial charge in [-0.3, -0.25) is 19.6 Å². The zero-order valence-electron chi connectivity index (χ0n) is 14.6. The summed E-state index contributed by atoms with van der Waals surface area (Å²) in [7, 11) is 0. The van der Waals surface area contributed by atoms with E-state index in [1.165, 1.54) is 5.56 Å². The quantitative estimate of drug-likeness (QED) is 0.850. The lowest BCUT2D eigenvalue weighted by Gasteiger charge is -2.33. The maximum Gasteiger partial charge on any atom is 0.240 e. The van der Waals surface area contributed by atoms with Crippen molar-refractivity contribution in [3.05, 3.63) is 53.3 Å². The summed E-state index contributed by atoms with van der Waals surface area (Å²) in [5, 5.41) is 7.05. The topological polar surface area (TPSA) is 95.3 Å². The van der Waals surface area contributed by atoms with E-state index in [0.717, 1.165) is 17.7 Å². The molecule has 3 N–H and O–H groups in total. The SMILES string of the molecule is NC(=O)[C@@H]1CC[C@H](C(=O)N2CCc3cn[nH]c3C2)N1Cc1ccccc1. The monoisotopic (exact) mass is 353 g/mol. The van der Waals surface area contributed by atoms with E-state index in [9.17, 15) is 9.59 Å². The maximum atomic E-state index is 13.2. The van der Waals surface area contributed by atoms with Gasteiger partial charge in [-0.25, -0.2) is 0 Å². The minimum atomic E-state index is -0.392. The van der Waals surface area contributed by atoms with Crippen molar-refractivity contribution in [3.8, 4) is 0 Å². The molecule has 26 heavy (non-hydrogen) atoms. The lowest BCUT2D eigenvalue weighted by atomic mass is 10.1. The Labute approximate surface area is 152 Å².